The van der Waals surface area contributed by atoms with Crippen LogP contribution in [-0.4, -0.2) is 93.2 Å². The summed E-state index contributed by atoms with van der Waals surface area (Å²) in [5.74, 6) is -9.14. The van der Waals surface area contributed by atoms with Gasteiger partial charge in [0.1, 0.15) is 23.7 Å². The zero-order valence-corrected chi connectivity index (χ0v) is 22.5. The Balaban J connectivity index is 1.82. The molecule has 3 unspecified atom stereocenters. The molecule has 0 bridgehead atoms. The SMILES string of the molecule is C[C@H]1c2ccc(NC(=O)OCCBr)c(O)c2C(=O)C2C(O)C3C(O)=C(C(N)=O)C(=O)[C@@H](N(C)C)[C@@H]3[C@@H](O)[C@@H]21. The predicted molar refractivity (Wildman–Crippen MR) is 137 cm³/mol. The molecule has 3 aliphatic rings. The van der Waals surface area contributed by atoms with Gasteiger partial charge < -0.3 is 30.9 Å². The van der Waals surface area contributed by atoms with Crippen molar-refractivity contribution in [1.29, 1.82) is 0 Å². The third-order valence-corrected chi connectivity index (χ3v) is 8.31. The molecule has 1 saturated carbocycles. The van der Waals surface area contributed by atoms with Gasteiger partial charge in [0, 0.05) is 17.2 Å². The molecular weight excluding hydrogens is 566 g/mol. The lowest BCUT2D eigenvalue weighted by molar-refractivity contribution is -0.151. The molecule has 0 radical (unpaired) electrons. The summed E-state index contributed by atoms with van der Waals surface area (Å²) < 4.78 is 4.93. The molecule has 0 spiro atoms. The first kappa shape index (κ1) is 28.0. The van der Waals surface area contributed by atoms with Crippen LogP contribution in [0.25, 0.3) is 0 Å². The lowest BCUT2D eigenvalue weighted by Gasteiger charge is -2.55. The molecule has 12 nitrogen and oxygen atoms in total. The number of ketones is 2. The number of nitrogens with two attached hydrogens (primary N) is 1. The van der Waals surface area contributed by atoms with E-state index >= 15 is 0 Å². The van der Waals surface area contributed by atoms with Crippen molar-refractivity contribution < 1.29 is 44.3 Å². The molecule has 1 aromatic carbocycles. The van der Waals surface area contributed by atoms with Crippen LogP contribution < -0.4 is 11.1 Å². The zero-order chi connectivity index (χ0) is 28.2. The van der Waals surface area contributed by atoms with Crippen molar-refractivity contribution in [1.82, 2.24) is 4.90 Å². The smallest absolute Gasteiger partial charge is 0.411 e. The predicted octanol–water partition coefficient (Wildman–Crippen LogP) is 0.646. The fourth-order valence-electron chi connectivity index (χ4n) is 6.46. The lowest BCUT2D eigenvalue weighted by Crippen LogP contribution is -2.66. The van der Waals surface area contributed by atoms with Crippen molar-refractivity contribution in [3.05, 3.63) is 34.6 Å². The molecule has 38 heavy (non-hydrogen) atoms. The lowest BCUT2D eigenvalue weighted by atomic mass is 9.52. The number of anilines is 1. The normalized spacial score (nSPS) is 32.4. The average molecular weight is 596 g/mol. The second-order valence-corrected chi connectivity index (χ2v) is 10.9. The van der Waals surface area contributed by atoms with Gasteiger partial charge in [-0.2, -0.15) is 0 Å². The first-order valence-corrected chi connectivity index (χ1v) is 13.2. The Kier molecular flexibility index (Phi) is 7.58. The van der Waals surface area contributed by atoms with E-state index in [0.29, 0.717) is 10.9 Å². The van der Waals surface area contributed by atoms with E-state index < -0.39 is 88.5 Å². The number of fused-ring (bicyclic) bond motifs is 3. The summed E-state index contributed by atoms with van der Waals surface area (Å²) in [6.07, 6.45) is -3.82. The number of nitrogens with zero attached hydrogens (tertiary/aromatic N) is 1. The van der Waals surface area contributed by atoms with Crippen molar-refractivity contribution in [2.75, 3.05) is 31.3 Å². The quantitative estimate of drug-likeness (QED) is 0.159. The Bertz CT molecular complexity index is 1230. The summed E-state index contributed by atoms with van der Waals surface area (Å²) >= 11 is 3.13. The maximum atomic E-state index is 13.8. The summed E-state index contributed by atoms with van der Waals surface area (Å²) in [7, 11) is 3.12. The molecule has 0 aliphatic heterocycles. The van der Waals surface area contributed by atoms with Gasteiger partial charge >= 0.3 is 6.09 Å². The number of aliphatic hydroxyl groups is 3. The highest BCUT2D eigenvalue weighted by Gasteiger charge is 2.63. The molecule has 0 saturated heterocycles. The van der Waals surface area contributed by atoms with Gasteiger partial charge in [-0.05, 0) is 31.6 Å². The van der Waals surface area contributed by atoms with Crippen LogP contribution in [-0.2, 0) is 14.3 Å². The number of primary amides is 1. The summed E-state index contributed by atoms with van der Waals surface area (Å²) in [4.78, 5) is 52.6. The van der Waals surface area contributed by atoms with Crippen molar-refractivity contribution in [3.63, 3.8) is 0 Å². The molecule has 7 N–H and O–H groups in total. The molecule has 4 rings (SSSR count). The van der Waals surface area contributed by atoms with Gasteiger partial charge in [-0.3, -0.25) is 24.6 Å². The van der Waals surface area contributed by atoms with Gasteiger partial charge in [-0.25, -0.2) is 4.79 Å². The molecule has 0 aromatic heterocycles. The van der Waals surface area contributed by atoms with E-state index in [-0.39, 0.29) is 17.9 Å². The molecule has 2 amide bonds. The number of benzene rings is 1. The summed E-state index contributed by atoms with van der Waals surface area (Å²) in [5, 5.41) is 47.8. The Morgan fingerprint density at radius 1 is 1.08 bits per heavy atom. The third kappa shape index (κ3) is 4.17. The van der Waals surface area contributed by atoms with E-state index in [4.69, 9.17) is 10.5 Å². The van der Waals surface area contributed by atoms with Crippen molar-refractivity contribution in [3.8, 4) is 5.75 Å². The summed E-state index contributed by atoms with van der Waals surface area (Å²) in [6, 6.07) is 1.85. The number of aliphatic hydroxyl groups excluding tert-OH is 3. The number of amides is 2. The number of phenols is 1. The molecule has 13 heteroatoms. The van der Waals surface area contributed by atoms with Crippen LogP contribution in [0.4, 0.5) is 10.5 Å². The molecule has 1 fully saturated rings. The molecule has 3 aliphatic carbocycles. The topological polar surface area (TPSA) is 200 Å². The highest BCUT2D eigenvalue weighted by Crippen LogP contribution is 2.55. The number of likely N-dealkylation sites (N-methyl/N-ethyl adjacent to an activating group) is 1. The second kappa shape index (κ2) is 10.3. The van der Waals surface area contributed by atoms with E-state index in [1.807, 2.05) is 0 Å². The van der Waals surface area contributed by atoms with E-state index in [2.05, 4.69) is 21.2 Å². The molecule has 206 valence electrons. The van der Waals surface area contributed by atoms with Gasteiger partial charge in [0.15, 0.2) is 11.6 Å². The van der Waals surface area contributed by atoms with E-state index in [1.165, 1.54) is 17.0 Å². The maximum absolute atomic E-state index is 13.8. The van der Waals surface area contributed by atoms with Crippen molar-refractivity contribution in [2.24, 2.45) is 29.4 Å². The number of carbonyl (C=O) groups excluding carboxylic acids is 4. The number of phenolic OH excluding ortho intramolecular Hbond substituents is 1. The van der Waals surface area contributed by atoms with Crippen LogP contribution in [0, 0.1) is 23.7 Å². The van der Waals surface area contributed by atoms with Gasteiger partial charge in [-0.15, -0.1) is 0 Å². The number of Topliss-reactive ketones (excluding diaryl/α,β-unsaturated/α-hetero) is 2. The number of aromatic hydroxyl groups is 1. The number of halogens is 1. The monoisotopic (exact) mass is 595 g/mol. The minimum absolute atomic E-state index is 0.0740. The van der Waals surface area contributed by atoms with E-state index in [0.717, 1.165) is 0 Å². The Morgan fingerprint density at radius 2 is 1.74 bits per heavy atom. The van der Waals surface area contributed by atoms with Crippen molar-refractivity contribution in [2.45, 2.75) is 31.1 Å². The van der Waals surface area contributed by atoms with E-state index in [1.54, 1.807) is 21.0 Å². The van der Waals surface area contributed by atoms with Gasteiger partial charge in [0.05, 0.1) is 41.3 Å². The highest BCUT2D eigenvalue weighted by atomic mass is 79.9. The largest absolute Gasteiger partial charge is 0.511 e. The Hall–Kier alpha value is -3.00. The standard InChI is InChI=1S/C25H30BrN3O9/c1-8-9-4-5-10(28-25(37)38-7-6-26)18(30)12(9)20(32)14-11(8)19(31)13-15(21(14)33)22(34)16(24(27)36)23(35)17(13)29(2)3/h4-5,8,11,13-15,17,19,21,30-31,33-34H,6-7H2,1-3H3,(H2,27,36)(H,28,37)/t8-,11+,13+,14?,15?,17-,19-,21?/m0/s1. The van der Waals surface area contributed by atoms with Crippen LogP contribution in [0.1, 0.15) is 28.8 Å². The zero-order valence-electron chi connectivity index (χ0n) is 20.9. The fourth-order valence-corrected chi connectivity index (χ4v) is 6.63. The molecular formula is C25H30BrN3O9. The number of ether oxygens (including phenoxy) is 1. The average Bonchev–Trinajstić information content (AvgIpc) is 2.83. The van der Waals surface area contributed by atoms with Crippen LogP contribution in [0.15, 0.2) is 23.5 Å². The summed E-state index contributed by atoms with van der Waals surface area (Å²) in [5.41, 5.74) is 4.86. The van der Waals surface area contributed by atoms with Gasteiger partial charge in [0.2, 0.25) is 0 Å². The highest BCUT2D eigenvalue weighted by molar-refractivity contribution is 9.09. The Labute approximate surface area is 226 Å². The number of nitrogens with one attached hydrogen (secondary N) is 1. The van der Waals surface area contributed by atoms with Crippen LogP contribution >= 0.6 is 15.9 Å². The van der Waals surface area contributed by atoms with Crippen LogP contribution in [0.5, 0.6) is 5.75 Å². The Morgan fingerprint density at radius 3 is 2.32 bits per heavy atom. The number of hydrogen-bond acceptors (Lipinski definition) is 10. The number of carbonyl (C=O) groups is 4. The number of rotatable bonds is 5. The molecule has 0 heterocycles. The summed E-state index contributed by atoms with van der Waals surface area (Å²) in [6.45, 7) is 1.79. The minimum Gasteiger partial charge on any atom is -0.511 e. The molecule has 8 atom stereocenters. The van der Waals surface area contributed by atoms with E-state index in [9.17, 15) is 39.6 Å². The van der Waals surface area contributed by atoms with Crippen LogP contribution in [0.2, 0.25) is 0 Å². The molecule has 1 aromatic rings. The third-order valence-electron chi connectivity index (χ3n) is 7.98. The number of alkyl halides is 1. The fraction of sp³-hybridized carbons (Fsp3) is 0.520. The second-order valence-electron chi connectivity index (χ2n) is 10.1. The van der Waals surface area contributed by atoms with Crippen molar-refractivity contribution >= 4 is 45.2 Å². The van der Waals surface area contributed by atoms with Crippen LogP contribution in [0.3, 0.4) is 0 Å². The maximum Gasteiger partial charge on any atom is 0.411 e. The van der Waals surface area contributed by atoms with Gasteiger partial charge in [-0.1, -0.05) is 28.9 Å². The van der Waals surface area contributed by atoms with Gasteiger partial charge in [0.25, 0.3) is 5.91 Å². The minimum atomic E-state index is -1.62. The first-order valence-electron chi connectivity index (χ1n) is 12.0. The first-order chi connectivity index (χ1) is 17.8. The number of hydrogen-bond donors (Lipinski definition) is 6.